The standard InChI is InChI=1S/C19H13Cl2N3O3S/c20-12-1-10-18(17(21)11-12)23-19(25)22-13-2-6-15(7-3-13)28-16-8-4-14(5-9-16)24(26)27/h1-11H,(H2,22,23,25). The van der Waals surface area contributed by atoms with Crippen LogP contribution in [0, 0.1) is 10.1 Å². The number of halogens is 2. The Bertz CT molecular complexity index is 1010. The summed E-state index contributed by atoms with van der Waals surface area (Å²) >= 11 is 13.3. The molecule has 0 heterocycles. The normalized spacial score (nSPS) is 10.4. The van der Waals surface area contributed by atoms with E-state index in [9.17, 15) is 14.9 Å². The molecule has 28 heavy (non-hydrogen) atoms. The van der Waals surface area contributed by atoms with Crippen molar-refractivity contribution in [1.82, 2.24) is 0 Å². The highest BCUT2D eigenvalue weighted by Gasteiger charge is 2.08. The summed E-state index contributed by atoms with van der Waals surface area (Å²) in [6, 6.07) is 17.9. The number of non-ortho nitro benzene ring substituents is 1. The van der Waals surface area contributed by atoms with Crippen molar-refractivity contribution in [1.29, 1.82) is 0 Å². The molecule has 0 aliphatic carbocycles. The molecule has 0 spiro atoms. The largest absolute Gasteiger partial charge is 0.323 e. The number of hydrogen-bond acceptors (Lipinski definition) is 4. The first-order valence-corrected chi connectivity index (χ1v) is 9.53. The average Bonchev–Trinajstić information content (AvgIpc) is 2.66. The van der Waals surface area contributed by atoms with Crippen LogP contribution in [0.25, 0.3) is 0 Å². The molecule has 0 atom stereocenters. The summed E-state index contributed by atoms with van der Waals surface area (Å²) in [6.07, 6.45) is 0. The maximum Gasteiger partial charge on any atom is 0.323 e. The fourth-order valence-electron chi connectivity index (χ4n) is 2.25. The number of nitro groups is 1. The van der Waals surface area contributed by atoms with Crippen LogP contribution in [0.3, 0.4) is 0 Å². The Morgan fingerprint density at radius 1 is 0.893 bits per heavy atom. The second-order valence-electron chi connectivity index (χ2n) is 5.58. The van der Waals surface area contributed by atoms with E-state index >= 15 is 0 Å². The Kier molecular flexibility index (Phi) is 6.41. The monoisotopic (exact) mass is 433 g/mol. The number of urea groups is 1. The van der Waals surface area contributed by atoms with E-state index in [1.165, 1.54) is 23.9 Å². The quantitative estimate of drug-likeness (QED) is 0.346. The molecule has 0 aliphatic heterocycles. The Balaban J connectivity index is 1.59. The van der Waals surface area contributed by atoms with Crippen molar-refractivity contribution in [3.05, 3.63) is 86.9 Å². The first kappa shape index (κ1) is 20.0. The minimum Gasteiger partial charge on any atom is -0.308 e. The van der Waals surface area contributed by atoms with Crippen LogP contribution in [0.5, 0.6) is 0 Å². The van der Waals surface area contributed by atoms with Gasteiger partial charge in [0, 0.05) is 32.6 Å². The van der Waals surface area contributed by atoms with Gasteiger partial charge in [0.25, 0.3) is 5.69 Å². The van der Waals surface area contributed by atoms with Gasteiger partial charge < -0.3 is 10.6 Å². The van der Waals surface area contributed by atoms with Crippen molar-refractivity contribution in [3.8, 4) is 0 Å². The highest BCUT2D eigenvalue weighted by molar-refractivity contribution is 7.99. The van der Waals surface area contributed by atoms with Gasteiger partial charge in [-0.05, 0) is 54.6 Å². The molecular formula is C19H13Cl2N3O3S. The Hall–Kier alpha value is -2.74. The third kappa shape index (κ3) is 5.39. The van der Waals surface area contributed by atoms with Gasteiger partial charge >= 0.3 is 6.03 Å². The molecule has 9 heteroatoms. The van der Waals surface area contributed by atoms with Crippen LogP contribution in [0.4, 0.5) is 21.9 Å². The minimum absolute atomic E-state index is 0.0516. The summed E-state index contributed by atoms with van der Waals surface area (Å²) < 4.78 is 0. The van der Waals surface area contributed by atoms with E-state index in [-0.39, 0.29) is 5.69 Å². The van der Waals surface area contributed by atoms with Gasteiger partial charge in [0.1, 0.15) is 0 Å². The molecule has 0 fully saturated rings. The van der Waals surface area contributed by atoms with E-state index in [2.05, 4.69) is 10.6 Å². The summed E-state index contributed by atoms with van der Waals surface area (Å²) in [7, 11) is 0. The molecule has 2 amide bonds. The lowest BCUT2D eigenvalue weighted by molar-refractivity contribution is -0.384. The molecule has 0 aromatic heterocycles. The maximum absolute atomic E-state index is 12.1. The van der Waals surface area contributed by atoms with E-state index in [4.69, 9.17) is 23.2 Å². The number of benzene rings is 3. The van der Waals surface area contributed by atoms with Crippen molar-refractivity contribution in [2.24, 2.45) is 0 Å². The number of anilines is 2. The number of rotatable bonds is 5. The first-order valence-electron chi connectivity index (χ1n) is 7.96. The van der Waals surface area contributed by atoms with Crippen LogP contribution in [0.2, 0.25) is 10.0 Å². The van der Waals surface area contributed by atoms with Crippen LogP contribution < -0.4 is 10.6 Å². The minimum atomic E-state index is -0.433. The van der Waals surface area contributed by atoms with Gasteiger partial charge in [-0.3, -0.25) is 10.1 Å². The number of carbonyl (C=O) groups excluding carboxylic acids is 1. The molecule has 3 aromatic rings. The molecule has 0 saturated heterocycles. The zero-order valence-electron chi connectivity index (χ0n) is 14.2. The van der Waals surface area contributed by atoms with Gasteiger partial charge in [-0.1, -0.05) is 35.0 Å². The third-order valence-corrected chi connectivity index (χ3v) is 5.14. The molecule has 3 aromatic carbocycles. The highest BCUT2D eigenvalue weighted by atomic mass is 35.5. The number of carbonyl (C=O) groups is 1. The smallest absolute Gasteiger partial charge is 0.308 e. The van der Waals surface area contributed by atoms with Gasteiger partial charge in [-0.2, -0.15) is 0 Å². The van der Waals surface area contributed by atoms with Gasteiger partial charge in [0.2, 0.25) is 0 Å². The van der Waals surface area contributed by atoms with Crippen molar-refractivity contribution in [2.45, 2.75) is 9.79 Å². The van der Waals surface area contributed by atoms with Crippen LogP contribution in [0.15, 0.2) is 76.5 Å². The lowest BCUT2D eigenvalue weighted by Gasteiger charge is -2.10. The summed E-state index contributed by atoms with van der Waals surface area (Å²) in [5.41, 5.74) is 1.11. The molecular weight excluding hydrogens is 421 g/mol. The van der Waals surface area contributed by atoms with Crippen LogP contribution in [0.1, 0.15) is 0 Å². The summed E-state index contributed by atoms with van der Waals surface area (Å²) in [5.74, 6) is 0. The number of nitro benzene ring substituents is 1. The van der Waals surface area contributed by atoms with Crippen LogP contribution in [-0.2, 0) is 0 Å². The molecule has 0 unspecified atom stereocenters. The molecule has 0 bridgehead atoms. The Morgan fingerprint density at radius 2 is 1.50 bits per heavy atom. The van der Waals surface area contributed by atoms with Crippen molar-refractivity contribution < 1.29 is 9.72 Å². The Morgan fingerprint density at radius 3 is 2.07 bits per heavy atom. The van der Waals surface area contributed by atoms with Gasteiger partial charge in [0.05, 0.1) is 15.6 Å². The van der Waals surface area contributed by atoms with Gasteiger partial charge in [-0.25, -0.2) is 4.79 Å². The second kappa shape index (κ2) is 8.97. The fraction of sp³-hybridized carbons (Fsp3) is 0. The van der Waals surface area contributed by atoms with Crippen molar-refractivity contribution in [2.75, 3.05) is 10.6 Å². The first-order chi connectivity index (χ1) is 13.4. The van der Waals surface area contributed by atoms with Crippen LogP contribution in [-0.4, -0.2) is 11.0 Å². The molecule has 0 radical (unpaired) electrons. The zero-order valence-corrected chi connectivity index (χ0v) is 16.5. The Labute approximate surface area is 175 Å². The van der Waals surface area contributed by atoms with Gasteiger partial charge in [-0.15, -0.1) is 0 Å². The predicted octanol–water partition coefficient (Wildman–Crippen LogP) is 6.70. The highest BCUT2D eigenvalue weighted by Crippen LogP contribution is 2.30. The molecule has 142 valence electrons. The second-order valence-corrected chi connectivity index (χ2v) is 7.57. The van der Waals surface area contributed by atoms with Crippen molar-refractivity contribution >= 4 is 58.1 Å². The topological polar surface area (TPSA) is 84.3 Å². The molecule has 0 saturated carbocycles. The van der Waals surface area contributed by atoms with E-state index < -0.39 is 11.0 Å². The summed E-state index contributed by atoms with van der Waals surface area (Å²) in [5, 5.41) is 16.9. The SMILES string of the molecule is O=C(Nc1ccc(Sc2ccc([N+](=O)[O-])cc2)cc1)Nc1ccc(Cl)cc1Cl. The number of amides is 2. The summed E-state index contributed by atoms with van der Waals surface area (Å²) in [6.45, 7) is 0. The van der Waals surface area contributed by atoms with E-state index in [0.29, 0.717) is 21.4 Å². The average molecular weight is 434 g/mol. The zero-order chi connectivity index (χ0) is 20.1. The number of hydrogen-bond donors (Lipinski definition) is 2. The molecule has 6 nitrogen and oxygen atoms in total. The van der Waals surface area contributed by atoms with E-state index in [1.807, 2.05) is 12.1 Å². The number of nitrogens with zero attached hydrogens (tertiary/aromatic N) is 1. The van der Waals surface area contributed by atoms with Gasteiger partial charge in [0.15, 0.2) is 0 Å². The van der Waals surface area contributed by atoms with E-state index in [0.717, 1.165) is 9.79 Å². The lowest BCUT2D eigenvalue weighted by atomic mass is 10.3. The lowest BCUT2D eigenvalue weighted by Crippen LogP contribution is -2.19. The fourth-order valence-corrected chi connectivity index (χ4v) is 3.53. The van der Waals surface area contributed by atoms with Crippen molar-refractivity contribution in [3.63, 3.8) is 0 Å². The molecule has 3 rings (SSSR count). The number of nitrogens with one attached hydrogen (secondary N) is 2. The molecule has 0 aliphatic rings. The third-order valence-electron chi connectivity index (χ3n) is 3.57. The summed E-state index contributed by atoms with van der Waals surface area (Å²) in [4.78, 5) is 24.2. The predicted molar refractivity (Wildman–Crippen MR) is 113 cm³/mol. The molecule has 2 N–H and O–H groups in total. The maximum atomic E-state index is 12.1. The van der Waals surface area contributed by atoms with E-state index in [1.54, 1.807) is 42.5 Å². The van der Waals surface area contributed by atoms with Crippen LogP contribution >= 0.6 is 35.0 Å².